The molecule has 3 aromatic carbocycles. The van der Waals surface area contributed by atoms with Crippen LogP contribution in [0.1, 0.15) is 76.2 Å². The summed E-state index contributed by atoms with van der Waals surface area (Å²) in [6.45, 7) is 17.1. The molecule has 2 fully saturated rings. The van der Waals surface area contributed by atoms with E-state index in [9.17, 15) is 36.3 Å². The quantitative estimate of drug-likeness (QED) is 0.0963. The first kappa shape index (κ1) is 49.1. The fourth-order valence-electron chi connectivity index (χ4n) is 7.44. The first-order valence-electron chi connectivity index (χ1n) is 20.6. The van der Waals surface area contributed by atoms with Crippen molar-refractivity contribution in [2.45, 2.75) is 66.7 Å². The third kappa shape index (κ3) is 11.9. The summed E-state index contributed by atoms with van der Waals surface area (Å²) in [4.78, 5) is 40.4. The maximum Gasteiger partial charge on any atom is 0.263 e. The Balaban J connectivity index is 0.000000253. The lowest BCUT2D eigenvalue weighted by Gasteiger charge is -2.54. The monoisotopic (exact) mass is 880 g/mol. The number of nitrogens with zero attached hydrogens (tertiary/aromatic N) is 2. The van der Waals surface area contributed by atoms with Crippen molar-refractivity contribution in [3.63, 3.8) is 0 Å². The van der Waals surface area contributed by atoms with Gasteiger partial charge in [0.25, 0.3) is 18.2 Å². The molecule has 0 bridgehead atoms. The summed E-state index contributed by atoms with van der Waals surface area (Å²) < 4.78 is 73.0. The second-order valence-corrected chi connectivity index (χ2v) is 15.0. The van der Waals surface area contributed by atoms with E-state index in [1.807, 2.05) is 44.5 Å². The van der Waals surface area contributed by atoms with E-state index in [1.54, 1.807) is 36.4 Å². The number of nitrogens with one attached hydrogen (secondary N) is 2. The molecule has 3 aromatic rings. The lowest BCUT2D eigenvalue weighted by molar-refractivity contribution is -0.113. The molecule has 8 nitrogen and oxygen atoms in total. The van der Waals surface area contributed by atoms with Gasteiger partial charge in [0.2, 0.25) is 0 Å². The number of amides is 2. The molecule has 3 heterocycles. The maximum absolute atomic E-state index is 14.0. The second-order valence-electron chi connectivity index (χ2n) is 14.6. The molecule has 0 saturated carbocycles. The van der Waals surface area contributed by atoms with Gasteiger partial charge in [0.15, 0.2) is 5.82 Å². The van der Waals surface area contributed by atoms with E-state index < -0.39 is 29.9 Å². The lowest BCUT2D eigenvalue weighted by Crippen LogP contribution is -2.58. The van der Waals surface area contributed by atoms with Gasteiger partial charge >= 0.3 is 0 Å². The summed E-state index contributed by atoms with van der Waals surface area (Å²) >= 11 is 5.86. The summed E-state index contributed by atoms with van der Waals surface area (Å²) in [5, 5.41) is 4.94. The van der Waals surface area contributed by atoms with Crippen LogP contribution in [0.15, 0.2) is 107 Å². The fraction of sp³-hybridized carbons (Fsp3) is 0.354. The molecular formula is C48H54ClF5N4O4. The average Bonchev–Trinajstić information content (AvgIpc) is 3.64. The molecule has 0 radical (unpaired) electrons. The van der Waals surface area contributed by atoms with Crippen LogP contribution in [-0.4, -0.2) is 69.3 Å². The van der Waals surface area contributed by atoms with Gasteiger partial charge < -0.3 is 25.2 Å². The number of fused-ring (bicyclic) bond motifs is 2. The van der Waals surface area contributed by atoms with Crippen molar-refractivity contribution >= 4 is 52.3 Å². The van der Waals surface area contributed by atoms with Crippen LogP contribution in [0.2, 0.25) is 5.02 Å². The number of benzene rings is 3. The Labute approximate surface area is 365 Å². The van der Waals surface area contributed by atoms with Crippen molar-refractivity contribution in [1.82, 2.24) is 4.90 Å². The number of likely N-dealkylation sites (tertiary alicyclic amines) is 1. The molecule has 62 heavy (non-hydrogen) atoms. The van der Waals surface area contributed by atoms with Crippen LogP contribution in [0, 0.1) is 22.9 Å². The van der Waals surface area contributed by atoms with E-state index in [0.717, 1.165) is 54.4 Å². The number of alkyl halides is 2. The zero-order valence-electron chi connectivity index (χ0n) is 35.9. The van der Waals surface area contributed by atoms with Gasteiger partial charge in [-0.05, 0) is 98.0 Å². The molecule has 0 atom stereocenters. The van der Waals surface area contributed by atoms with Crippen molar-refractivity contribution in [2.75, 3.05) is 55.4 Å². The Kier molecular flexibility index (Phi) is 17.9. The van der Waals surface area contributed by atoms with Crippen LogP contribution in [0.3, 0.4) is 0 Å². The van der Waals surface area contributed by atoms with E-state index in [2.05, 4.69) is 17.2 Å². The van der Waals surface area contributed by atoms with Gasteiger partial charge in [0.05, 0.1) is 16.3 Å². The van der Waals surface area contributed by atoms with Crippen LogP contribution in [-0.2, 0) is 14.3 Å². The van der Waals surface area contributed by atoms with Crippen molar-refractivity contribution < 1.29 is 41.1 Å². The Morgan fingerprint density at radius 1 is 0.935 bits per heavy atom. The Morgan fingerprint density at radius 2 is 1.60 bits per heavy atom. The SMILES string of the molecule is C=C(/C(=C\C(=C/C)C(F)F)C(=O)Nc1ccc(C=O)cc1)N1CC2(CCOCC2)C1.CC.CC.CN1CCC2=C(CC(C(=O)Nc3c(F)cc(F)cc3Cl)=C2)c2ccc(F)cc21. The number of carbonyl (C=O) groups excluding carboxylic acids is 3. The molecule has 7 rings (SSSR count). The minimum absolute atomic E-state index is 0.102. The Hall–Kier alpha value is -5.53. The van der Waals surface area contributed by atoms with E-state index in [0.29, 0.717) is 67.5 Å². The predicted molar refractivity (Wildman–Crippen MR) is 238 cm³/mol. The van der Waals surface area contributed by atoms with Crippen molar-refractivity contribution in [1.29, 1.82) is 0 Å². The minimum atomic E-state index is -2.70. The molecule has 332 valence electrons. The highest BCUT2D eigenvalue weighted by Gasteiger charge is 2.45. The van der Waals surface area contributed by atoms with Gasteiger partial charge in [0, 0.05) is 97.1 Å². The Morgan fingerprint density at radius 3 is 2.19 bits per heavy atom. The standard InChI is InChI=1S/C23H26F2N2O3.C21H16ClF3N2O.2C2H6/c1-3-18(21(24)25)12-20(22(29)26-19-6-4-17(13-28)5-7-19)16(2)27-14-23(15-27)8-10-30-11-9-23;1-27-5-4-11-6-12(7-16(11)15-3-2-13(23)10-19(15)27)21(28)26-20-17(22)8-14(24)9-18(20)25;2*1-2/h3-7,12-13,21H,2,8-11,14-15H2,1H3,(H,26,29);2-3,6,8-10H,4-5,7H2,1H3,(H,26,28);2*1-2H3/b18-3+,20-12+;;;. The largest absolute Gasteiger partial charge is 0.381 e. The zero-order valence-corrected chi connectivity index (χ0v) is 36.7. The number of hydrogen-bond donors (Lipinski definition) is 2. The first-order chi connectivity index (χ1) is 29.7. The van der Waals surface area contributed by atoms with Crippen molar-refractivity contribution in [3.05, 3.63) is 141 Å². The van der Waals surface area contributed by atoms with Gasteiger partial charge in [-0.3, -0.25) is 14.4 Å². The molecule has 14 heteroatoms. The number of aldehydes is 1. The average molecular weight is 881 g/mol. The molecule has 4 aliphatic rings. The first-order valence-corrected chi connectivity index (χ1v) is 21.0. The van der Waals surface area contributed by atoms with E-state index in [1.165, 1.54) is 31.2 Å². The normalized spacial score (nSPS) is 16.4. The lowest BCUT2D eigenvalue weighted by atomic mass is 9.73. The number of carbonyl (C=O) groups is 3. The van der Waals surface area contributed by atoms with E-state index in [-0.39, 0.29) is 33.1 Å². The number of ether oxygens (including phenoxy) is 1. The third-order valence-electron chi connectivity index (χ3n) is 10.8. The van der Waals surface area contributed by atoms with Crippen LogP contribution in [0.5, 0.6) is 0 Å². The summed E-state index contributed by atoms with van der Waals surface area (Å²) in [5.74, 6) is -3.10. The number of halogens is 6. The smallest absolute Gasteiger partial charge is 0.263 e. The molecular weight excluding hydrogens is 827 g/mol. The number of hydrogen-bond acceptors (Lipinski definition) is 6. The van der Waals surface area contributed by atoms with Gasteiger partial charge in [0.1, 0.15) is 17.9 Å². The van der Waals surface area contributed by atoms with Gasteiger partial charge in [-0.15, -0.1) is 0 Å². The summed E-state index contributed by atoms with van der Waals surface area (Å²) in [5.41, 5.74) is 5.18. The van der Waals surface area contributed by atoms with Gasteiger partial charge in [-0.2, -0.15) is 0 Å². The second kappa shape index (κ2) is 22.5. The fourth-order valence-corrected chi connectivity index (χ4v) is 7.68. The number of allylic oxidation sites excluding steroid dienone is 5. The summed E-state index contributed by atoms with van der Waals surface area (Å²) in [6.07, 6.45) is 5.22. The molecule has 1 spiro atoms. The summed E-state index contributed by atoms with van der Waals surface area (Å²) in [6, 6.07) is 12.5. The third-order valence-corrected chi connectivity index (χ3v) is 11.1. The van der Waals surface area contributed by atoms with Gasteiger partial charge in [-0.25, -0.2) is 22.0 Å². The number of rotatable bonds is 9. The highest BCUT2D eigenvalue weighted by molar-refractivity contribution is 6.34. The van der Waals surface area contributed by atoms with Crippen molar-refractivity contribution in [2.24, 2.45) is 5.41 Å². The Bertz CT molecular complexity index is 2220. The van der Waals surface area contributed by atoms with Gasteiger partial charge in [-0.1, -0.05) is 52.0 Å². The molecule has 2 saturated heterocycles. The molecule has 2 amide bonds. The molecule has 0 aromatic heterocycles. The van der Waals surface area contributed by atoms with Crippen LogP contribution in [0.25, 0.3) is 5.57 Å². The maximum atomic E-state index is 14.0. The molecule has 1 aliphatic carbocycles. The molecule has 0 unspecified atom stereocenters. The van der Waals surface area contributed by atoms with E-state index >= 15 is 0 Å². The topological polar surface area (TPSA) is 91.0 Å². The number of anilines is 3. The van der Waals surface area contributed by atoms with Crippen molar-refractivity contribution in [3.8, 4) is 0 Å². The minimum Gasteiger partial charge on any atom is -0.381 e. The van der Waals surface area contributed by atoms with E-state index in [4.69, 9.17) is 16.3 Å². The van der Waals surface area contributed by atoms with Crippen LogP contribution < -0.4 is 15.5 Å². The zero-order chi connectivity index (χ0) is 45.7. The van der Waals surface area contributed by atoms with Crippen LogP contribution >= 0.6 is 11.6 Å². The highest BCUT2D eigenvalue weighted by Crippen LogP contribution is 2.44. The predicted octanol–water partition coefficient (Wildman–Crippen LogP) is 11.6. The van der Waals surface area contributed by atoms with Crippen LogP contribution in [0.4, 0.5) is 39.0 Å². The molecule has 2 N–H and O–H groups in total. The summed E-state index contributed by atoms with van der Waals surface area (Å²) in [7, 11) is 1.90. The molecule has 3 aliphatic heterocycles. The highest BCUT2D eigenvalue weighted by atomic mass is 35.5.